The molecule has 5 aromatic rings. The summed E-state index contributed by atoms with van der Waals surface area (Å²) in [6.07, 6.45) is 3.61. The second-order valence-electron chi connectivity index (χ2n) is 7.92. The summed E-state index contributed by atoms with van der Waals surface area (Å²) in [7, 11) is 0. The van der Waals surface area contributed by atoms with Crippen LogP contribution in [-0.2, 0) is 6.54 Å². The number of carboxylic acid groups (broad SMARTS) is 1. The summed E-state index contributed by atoms with van der Waals surface area (Å²) in [6, 6.07) is 20.2. The van der Waals surface area contributed by atoms with Gasteiger partial charge in [0.2, 0.25) is 0 Å². The molecule has 1 N–H and O–H groups in total. The minimum absolute atomic E-state index is 0.241. The highest BCUT2D eigenvalue weighted by Crippen LogP contribution is 2.22. The minimum Gasteiger partial charge on any atom is -0.478 e. The summed E-state index contributed by atoms with van der Waals surface area (Å²) in [6.45, 7) is 2.25. The van der Waals surface area contributed by atoms with Crippen LogP contribution in [0.15, 0.2) is 87.3 Å². The van der Waals surface area contributed by atoms with Crippen molar-refractivity contribution in [2.24, 2.45) is 5.10 Å². The number of halogens is 1. The van der Waals surface area contributed by atoms with E-state index in [9.17, 15) is 14.7 Å². The zero-order valence-electron chi connectivity index (χ0n) is 18.1. The second kappa shape index (κ2) is 8.72. The molecule has 0 amide bonds. The maximum atomic E-state index is 13.1. The zero-order chi connectivity index (χ0) is 23.8. The van der Waals surface area contributed by atoms with Gasteiger partial charge in [0.25, 0.3) is 5.56 Å². The third kappa shape index (κ3) is 4.04. The maximum Gasteiger partial charge on any atom is 0.335 e. The second-order valence-corrected chi connectivity index (χ2v) is 8.83. The number of para-hydroxylation sites is 1. The Labute approximate surface area is 202 Å². The lowest BCUT2D eigenvalue weighted by molar-refractivity contribution is 0.0696. The molecule has 0 saturated heterocycles. The van der Waals surface area contributed by atoms with Gasteiger partial charge in [-0.3, -0.25) is 4.79 Å². The Morgan fingerprint density at radius 3 is 2.74 bits per heavy atom. The minimum atomic E-state index is -0.955. The number of nitrogens with zero attached hydrogens (tertiary/aromatic N) is 4. The van der Waals surface area contributed by atoms with Crippen molar-refractivity contribution >= 4 is 49.9 Å². The highest BCUT2D eigenvalue weighted by Gasteiger charge is 2.11. The molecule has 0 bridgehead atoms. The fraction of sp³-hybridized carbons (Fsp3) is 0.0769. The molecule has 5 rings (SSSR count). The molecule has 3 aromatic carbocycles. The lowest BCUT2D eigenvalue weighted by atomic mass is 10.1. The summed E-state index contributed by atoms with van der Waals surface area (Å²) in [4.78, 5) is 28.9. The molecule has 0 aliphatic carbocycles. The smallest absolute Gasteiger partial charge is 0.335 e. The summed E-state index contributed by atoms with van der Waals surface area (Å²) in [5.41, 5.74) is 3.33. The number of aromatic carboxylic acids is 1. The van der Waals surface area contributed by atoms with Crippen LogP contribution in [0, 0.1) is 6.92 Å². The molecule has 8 heteroatoms. The van der Waals surface area contributed by atoms with E-state index in [-0.39, 0.29) is 11.1 Å². The average Bonchev–Trinajstić information content (AvgIpc) is 3.17. The molecule has 0 atom stereocenters. The fourth-order valence-corrected chi connectivity index (χ4v) is 4.39. The van der Waals surface area contributed by atoms with Gasteiger partial charge in [-0.05, 0) is 48.9 Å². The number of carbonyl (C=O) groups is 1. The Morgan fingerprint density at radius 1 is 1.09 bits per heavy atom. The zero-order valence-corrected chi connectivity index (χ0v) is 19.7. The molecule has 0 radical (unpaired) electrons. The first kappa shape index (κ1) is 21.8. The highest BCUT2D eigenvalue weighted by molar-refractivity contribution is 9.10. The summed E-state index contributed by atoms with van der Waals surface area (Å²) < 4.78 is 4.15. The van der Waals surface area contributed by atoms with Crippen molar-refractivity contribution in [2.45, 2.75) is 13.5 Å². The van der Waals surface area contributed by atoms with Crippen molar-refractivity contribution in [3.63, 3.8) is 0 Å². The monoisotopic (exact) mass is 514 g/mol. The predicted molar refractivity (Wildman–Crippen MR) is 136 cm³/mol. The normalized spacial score (nSPS) is 11.6. The van der Waals surface area contributed by atoms with E-state index in [0.29, 0.717) is 23.3 Å². The van der Waals surface area contributed by atoms with Gasteiger partial charge in [-0.25, -0.2) is 9.78 Å². The first-order chi connectivity index (χ1) is 16.4. The van der Waals surface area contributed by atoms with Gasteiger partial charge in [0, 0.05) is 33.7 Å². The molecule has 168 valence electrons. The number of benzene rings is 3. The first-order valence-electron chi connectivity index (χ1n) is 10.5. The van der Waals surface area contributed by atoms with E-state index in [0.717, 1.165) is 26.5 Å². The van der Waals surface area contributed by atoms with Crippen LogP contribution in [0.1, 0.15) is 27.3 Å². The lowest BCUT2D eigenvalue weighted by Gasteiger charge is -2.06. The van der Waals surface area contributed by atoms with E-state index >= 15 is 0 Å². The van der Waals surface area contributed by atoms with E-state index in [1.165, 1.54) is 4.68 Å². The number of hydrogen-bond acceptors (Lipinski definition) is 4. The van der Waals surface area contributed by atoms with Crippen LogP contribution in [0.25, 0.3) is 21.8 Å². The van der Waals surface area contributed by atoms with Crippen molar-refractivity contribution < 1.29 is 9.90 Å². The van der Waals surface area contributed by atoms with Crippen LogP contribution in [-0.4, -0.2) is 31.5 Å². The largest absolute Gasteiger partial charge is 0.478 e. The molecule has 0 unspecified atom stereocenters. The quantitative estimate of drug-likeness (QED) is 0.332. The van der Waals surface area contributed by atoms with E-state index in [1.54, 1.807) is 43.5 Å². The highest BCUT2D eigenvalue weighted by atomic mass is 79.9. The number of aryl methyl sites for hydroxylation is 1. The number of aromatic nitrogens is 3. The number of hydrogen-bond donors (Lipinski definition) is 1. The van der Waals surface area contributed by atoms with Crippen LogP contribution >= 0.6 is 15.9 Å². The molecule has 2 aromatic heterocycles. The van der Waals surface area contributed by atoms with Gasteiger partial charge < -0.3 is 9.67 Å². The number of fused-ring (bicyclic) bond motifs is 2. The number of rotatable bonds is 5. The van der Waals surface area contributed by atoms with Crippen LogP contribution in [0.3, 0.4) is 0 Å². The van der Waals surface area contributed by atoms with Crippen molar-refractivity contribution in [3.8, 4) is 0 Å². The Hall–Kier alpha value is -4.04. The Bertz CT molecular complexity index is 1670. The third-order valence-corrected chi connectivity index (χ3v) is 6.12. The first-order valence-corrected chi connectivity index (χ1v) is 11.3. The van der Waals surface area contributed by atoms with Crippen LogP contribution in [0.4, 0.5) is 0 Å². The van der Waals surface area contributed by atoms with Gasteiger partial charge in [-0.1, -0.05) is 46.3 Å². The molecule has 7 nitrogen and oxygen atoms in total. The van der Waals surface area contributed by atoms with Crippen LogP contribution in [0.5, 0.6) is 0 Å². The Balaban J connectivity index is 1.56. The SMILES string of the molecule is Cc1nc2ccc(Br)cc2c(=O)n1N=Cc1cn(Cc2cccc(C(=O)O)c2)c2ccccc12. The molecular weight excluding hydrogens is 496 g/mol. The molecule has 0 saturated carbocycles. The van der Waals surface area contributed by atoms with Gasteiger partial charge in [0.05, 0.1) is 22.7 Å². The Kier molecular flexibility index (Phi) is 5.59. The standard InChI is InChI=1S/C26H19BrN4O3/c1-16-29-23-10-9-20(27)12-22(23)25(32)31(16)28-13-19-15-30(24-8-3-2-7-21(19)24)14-17-5-4-6-18(11-17)26(33)34/h2-13,15H,14H2,1H3,(H,33,34). The van der Waals surface area contributed by atoms with Gasteiger partial charge in [-0.15, -0.1) is 0 Å². The van der Waals surface area contributed by atoms with Crippen molar-refractivity contribution in [1.82, 2.24) is 14.2 Å². The van der Waals surface area contributed by atoms with Crippen molar-refractivity contribution in [2.75, 3.05) is 0 Å². The van der Waals surface area contributed by atoms with E-state index in [1.807, 2.05) is 47.2 Å². The molecule has 0 aliphatic rings. The average molecular weight is 515 g/mol. The van der Waals surface area contributed by atoms with Crippen LogP contribution < -0.4 is 5.56 Å². The summed E-state index contributed by atoms with van der Waals surface area (Å²) >= 11 is 3.41. The van der Waals surface area contributed by atoms with E-state index < -0.39 is 5.97 Å². The molecule has 0 aliphatic heterocycles. The van der Waals surface area contributed by atoms with E-state index in [2.05, 4.69) is 26.0 Å². The maximum absolute atomic E-state index is 13.1. The van der Waals surface area contributed by atoms with Gasteiger partial charge in [-0.2, -0.15) is 9.78 Å². The lowest BCUT2D eigenvalue weighted by Crippen LogP contribution is -2.20. The Morgan fingerprint density at radius 2 is 1.91 bits per heavy atom. The topological polar surface area (TPSA) is 89.5 Å². The molecule has 0 spiro atoms. The van der Waals surface area contributed by atoms with Crippen LogP contribution in [0.2, 0.25) is 0 Å². The summed E-state index contributed by atoms with van der Waals surface area (Å²) in [5.74, 6) is -0.464. The van der Waals surface area contributed by atoms with Crippen molar-refractivity contribution in [3.05, 3.63) is 110 Å². The molecular formula is C26H19BrN4O3. The summed E-state index contributed by atoms with van der Waals surface area (Å²) in [5, 5.41) is 15.2. The molecule has 34 heavy (non-hydrogen) atoms. The third-order valence-electron chi connectivity index (χ3n) is 5.63. The van der Waals surface area contributed by atoms with Gasteiger partial charge in [0.1, 0.15) is 5.82 Å². The predicted octanol–water partition coefficient (Wildman–Crippen LogP) is 5.05. The van der Waals surface area contributed by atoms with Gasteiger partial charge in [0.15, 0.2) is 0 Å². The fourth-order valence-electron chi connectivity index (χ4n) is 4.02. The number of carboxylic acids is 1. The van der Waals surface area contributed by atoms with Gasteiger partial charge >= 0.3 is 5.97 Å². The van der Waals surface area contributed by atoms with E-state index in [4.69, 9.17) is 0 Å². The van der Waals surface area contributed by atoms with Crippen molar-refractivity contribution in [1.29, 1.82) is 0 Å². The molecule has 2 heterocycles. The molecule has 0 fully saturated rings.